The summed E-state index contributed by atoms with van der Waals surface area (Å²) in [6, 6.07) is 7.44. The summed E-state index contributed by atoms with van der Waals surface area (Å²) in [4.78, 5) is 11.2. The highest BCUT2D eigenvalue weighted by Gasteiger charge is 2.03. The quantitative estimate of drug-likeness (QED) is 0.742. The fourth-order valence-electron chi connectivity index (χ4n) is 1.24. The molecule has 1 aromatic rings. The lowest BCUT2D eigenvalue weighted by atomic mass is 10.2. The fraction of sp³-hybridized carbons (Fsp3) is 0.417. The largest absolute Gasteiger partial charge is 0.497 e. The molecule has 16 heavy (non-hydrogen) atoms. The van der Waals surface area contributed by atoms with Crippen LogP contribution in [0, 0.1) is 0 Å². The van der Waals surface area contributed by atoms with Crippen molar-refractivity contribution >= 4 is 5.97 Å². The minimum Gasteiger partial charge on any atom is -0.497 e. The molecule has 0 aromatic heterocycles. The third-order valence-corrected chi connectivity index (χ3v) is 2.12. The molecule has 1 rings (SSSR count). The lowest BCUT2D eigenvalue weighted by molar-refractivity contribution is -0.145. The average molecular weight is 223 g/mol. The van der Waals surface area contributed by atoms with Crippen LogP contribution in [0.15, 0.2) is 24.3 Å². The van der Waals surface area contributed by atoms with Gasteiger partial charge >= 0.3 is 5.97 Å². The molecule has 0 bridgehead atoms. The Balaban J connectivity index is 2.38. The standard InChI is InChI=1S/C12H17NO3/c1-15-11-5-2-4-10(8-11)9-16-12(14)6-3-7-13/h2,4-5,8H,3,6-7,9,13H2,1H3. The van der Waals surface area contributed by atoms with E-state index in [0.29, 0.717) is 19.4 Å². The summed E-state index contributed by atoms with van der Waals surface area (Å²) in [6.45, 7) is 0.787. The van der Waals surface area contributed by atoms with Gasteiger partial charge in [-0.3, -0.25) is 4.79 Å². The maximum atomic E-state index is 11.2. The zero-order valence-corrected chi connectivity index (χ0v) is 9.44. The second-order valence-corrected chi connectivity index (χ2v) is 3.40. The highest BCUT2D eigenvalue weighted by molar-refractivity contribution is 5.69. The molecule has 0 unspecified atom stereocenters. The van der Waals surface area contributed by atoms with Crippen molar-refractivity contribution < 1.29 is 14.3 Å². The Morgan fingerprint density at radius 1 is 1.44 bits per heavy atom. The molecule has 0 aliphatic rings. The van der Waals surface area contributed by atoms with Crippen LogP contribution in [-0.2, 0) is 16.1 Å². The molecule has 4 heteroatoms. The number of benzene rings is 1. The smallest absolute Gasteiger partial charge is 0.306 e. The molecule has 0 amide bonds. The average Bonchev–Trinajstić information content (AvgIpc) is 2.34. The van der Waals surface area contributed by atoms with Gasteiger partial charge in [-0.25, -0.2) is 0 Å². The van der Waals surface area contributed by atoms with Gasteiger partial charge in [0, 0.05) is 6.42 Å². The summed E-state index contributed by atoms with van der Waals surface area (Å²) in [5, 5.41) is 0. The Bertz CT molecular complexity index is 339. The predicted molar refractivity (Wildman–Crippen MR) is 61.1 cm³/mol. The Morgan fingerprint density at radius 3 is 2.94 bits per heavy atom. The van der Waals surface area contributed by atoms with Crippen molar-refractivity contribution in [2.75, 3.05) is 13.7 Å². The van der Waals surface area contributed by atoms with Crippen LogP contribution in [0.2, 0.25) is 0 Å². The first-order valence-electron chi connectivity index (χ1n) is 5.25. The van der Waals surface area contributed by atoms with Crippen LogP contribution in [0.5, 0.6) is 5.75 Å². The lowest BCUT2D eigenvalue weighted by Crippen LogP contribution is -2.08. The molecule has 0 atom stereocenters. The van der Waals surface area contributed by atoms with Crippen LogP contribution in [-0.4, -0.2) is 19.6 Å². The van der Waals surface area contributed by atoms with E-state index in [-0.39, 0.29) is 12.6 Å². The molecule has 0 aliphatic heterocycles. The molecule has 88 valence electrons. The second kappa shape index (κ2) is 6.85. The van der Waals surface area contributed by atoms with Crippen LogP contribution in [0.4, 0.5) is 0 Å². The number of esters is 1. The van der Waals surface area contributed by atoms with Crippen molar-refractivity contribution in [3.8, 4) is 5.75 Å². The summed E-state index contributed by atoms with van der Waals surface area (Å²) in [5.74, 6) is 0.545. The molecule has 0 heterocycles. The first-order valence-corrected chi connectivity index (χ1v) is 5.25. The van der Waals surface area contributed by atoms with Gasteiger partial charge in [0.2, 0.25) is 0 Å². The Labute approximate surface area is 95.3 Å². The number of rotatable bonds is 6. The first kappa shape index (κ1) is 12.5. The minimum absolute atomic E-state index is 0.215. The van der Waals surface area contributed by atoms with Gasteiger partial charge in [0.05, 0.1) is 7.11 Å². The number of carbonyl (C=O) groups excluding carboxylic acids is 1. The SMILES string of the molecule is COc1cccc(COC(=O)CCCN)c1. The molecule has 2 N–H and O–H groups in total. The molecular formula is C12H17NO3. The molecule has 4 nitrogen and oxygen atoms in total. The van der Waals surface area contributed by atoms with Crippen LogP contribution < -0.4 is 10.5 Å². The topological polar surface area (TPSA) is 61.5 Å². The normalized spacial score (nSPS) is 9.88. The minimum atomic E-state index is -0.215. The molecule has 0 fully saturated rings. The monoisotopic (exact) mass is 223 g/mol. The van der Waals surface area contributed by atoms with E-state index >= 15 is 0 Å². The third-order valence-electron chi connectivity index (χ3n) is 2.12. The summed E-state index contributed by atoms with van der Waals surface area (Å²) in [6.07, 6.45) is 1.04. The van der Waals surface area contributed by atoms with Crippen LogP contribution in [0.1, 0.15) is 18.4 Å². The fourth-order valence-corrected chi connectivity index (χ4v) is 1.24. The number of carbonyl (C=O) groups is 1. The molecular weight excluding hydrogens is 206 g/mol. The van der Waals surface area contributed by atoms with Crippen molar-refractivity contribution in [2.24, 2.45) is 5.73 Å². The van der Waals surface area contributed by atoms with Gasteiger partial charge in [-0.15, -0.1) is 0 Å². The lowest BCUT2D eigenvalue weighted by Gasteiger charge is -2.06. The van der Waals surface area contributed by atoms with Crippen molar-refractivity contribution in [1.82, 2.24) is 0 Å². The molecule has 0 saturated heterocycles. The van der Waals surface area contributed by atoms with Gasteiger partial charge < -0.3 is 15.2 Å². The van der Waals surface area contributed by atoms with Crippen molar-refractivity contribution in [2.45, 2.75) is 19.4 Å². The number of methoxy groups -OCH3 is 1. The molecule has 0 spiro atoms. The Morgan fingerprint density at radius 2 is 2.25 bits per heavy atom. The van der Waals surface area contributed by atoms with E-state index < -0.39 is 0 Å². The summed E-state index contributed by atoms with van der Waals surface area (Å²) >= 11 is 0. The summed E-state index contributed by atoms with van der Waals surface area (Å²) in [5.41, 5.74) is 6.21. The van der Waals surface area contributed by atoms with Gasteiger partial charge in [0.1, 0.15) is 12.4 Å². The van der Waals surface area contributed by atoms with Gasteiger partial charge in [0.25, 0.3) is 0 Å². The van der Waals surface area contributed by atoms with Gasteiger partial charge in [-0.1, -0.05) is 12.1 Å². The van der Waals surface area contributed by atoms with Crippen LogP contribution >= 0.6 is 0 Å². The van der Waals surface area contributed by atoms with E-state index in [1.54, 1.807) is 7.11 Å². The molecule has 1 aromatic carbocycles. The summed E-state index contributed by atoms with van der Waals surface area (Å²) in [7, 11) is 1.60. The van der Waals surface area contributed by atoms with Gasteiger partial charge in [-0.05, 0) is 30.7 Å². The van der Waals surface area contributed by atoms with Gasteiger partial charge in [0.15, 0.2) is 0 Å². The number of ether oxygens (including phenoxy) is 2. The highest BCUT2D eigenvalue weighted by atomic mass is 16.5. The molecule has 0 saturated carbocycles. The zero-order chi connectivity index (χ0) is 11.8. The predicted octanol–water partition coefficient (Wildman–Crippen LogP) is 1.48. The van der Waals surface area contributed by atoms with Crippen molar-refractivity contribution in [3.63, 3.8) is 0 Å². The molecule has 0 aliphatic carbocycles. The number of hydrogen-bond donors (Lipinski definition) is 1. The number of nitrogens with two attached hydrogens (primary N) is 1. The van der Waals surface area contributed by atoms with E-state index in [2.05, 4.69) is 0 Å². The highest BCUT2D eigenvalue weighted by Crippen LogP contribution is 2.13. The maximum absolute atomic E-state index is 11.2. The Hall–Kier alpha value is -1.55. The van der Waals surface area contributed by atoms with E-state index in [0.717, 1.165) is 11.3 Å². The second-order valence-electron chi connectivity index (χ2n) is 3.40. The van der Waals surface area contributed by atoms with Crippen LogP contribution in [0.25, 0.3) is 0 Å². The number of hydrogen-bond acceptors (Lipinski definition) is 4. The van der Waals surface area contributed by atoms with E-state index in [1.165, 1.54) is 0 Å². The van der Waals surface area contributed by atoms with Crippen molar-refractivity contribution in [3.05, 3.63) is 29.8 Å². The summed E-state index contributed by atoms with van der Waals surface area (Å²) < 4.78 is 10.1. The van der Waals surface area contributed by atoms with E-state index in [4.69, 9.17) is 15.2 Å². The van der Waals surface area contributed by atoms with Crippen molar-refractivity contribution in [1.29, 1.82) is 0 Å². The maximum Gasteiger partial charge on any atom is 0.306 e. The first-order chi connectivity index (χ1) is 7.76. The van der Waals surface area contributed by atoms with Gasteiger partial charge in [-0.2, -0.15) is 0 Å². The zero-order valence-electron chi connectivity index (χ0n) is 9.44. The van der Waals surface area contributed by atoms with E-state index in [9.17, 15) is 4.79 Å². The third kappa shape index (κ3) is 4.31. The Kier molecular flexibility index (Phi) is 5.36. The van der Waals surface area contributed by atoms with Crippen LogP contribution in [0.3, 0.4) is 0 Å². The van der Waals surface area contributed by atoms with E-state index in [1.807, 2.05) is 24.3 Å². The molecule has 0 radical (unpaired) electrons.